The number of aliphatic imine (C=N–C) groups is 1. The second kappa shape index (κ2) is 8.72. The van der Waals surface area contributed by atoms with Gasteiger partial charge in [-0.3, -0.25) is 9.88 Å². The van der Waals surface area contributed by atoms with Crippen molar-refractivity contribution in [3.8, 4) is 17.0 Å². The van der Waals surface area contributed by atoms with Gasteiger partial charge in [0.05, 0.1) is 24.7 Å². The van der Waals surface area contributed by atoms with E-state index in [1.165, 1.54) is 24.0 Å². The SMILES string of the molecule is COc1ccccc1-c1cc2c(C3=Nc4cncc(C5CC5)c4C(N4CCNCC4)N3)ccnc2[nH]1. The van der Waals surface area contributed by atoms with Crippen molar-refractivity contribution < 1.29 is 4.74 Å². The van der Waals surface area contributed by atoms with Gasteiger partial charge >= 0.3 is 0 Å². The van der Waals surface area contributed by atoms with E-state index in [9.17, 15) is 0 Å². The minimum atomic E-state index is 0.0732. The highest BCUT2D eigenvalue weighted by Crippen LogP contribution is 2.47. The van der Waals surface area contributed by atoms with Crippen LogP contribution >= 0.6 is 0 Å². The predicted octanol–water partition coefficient (Wildman–Crippen LogP) is 4.10. The molecule has 3 aromatic heterocycles. The Morgan fingerprint density at radius 3 is 2.72 bits per heavy atom. The zero-order valence-corrected chi connectivity index (χ0v) is 20.3. The van der Waals surface area contributed by atoms with Crippen molar-refractivity contribution in [3.05, 3.63) is 71.7 Å². The second-order valence-corrected chi connectivity index (χ2v) is 9.73. The molecule has 1 saturated heterocycles. The topological polar surface area (TPSA) is 90.5 Å². The van der Waals surface area contributed by atoms with Crippen LogP contribution in [0.15, 0.2) is 60.0 Å². The first-order valence-corrected chi connectivity index (χ1v) is 12.7. The van der Waals surface area contributed by atoms with Crippen LogP contribution in [0.2, 0.25) is 0 Å². The number of ether oxygens (including phenoxy) is 1. The van der Waals surface area contributed by atoms with Crippen LogP contribution in [0.3, 0.4) is 0 Å². The van der Waals surface area contributed by atoms with E-state index in [0.717, 1.165) is 71.3 Å². The van der Waals surface area contributed by atoms with Crippen molar-refractivity contribution in [2.75, 3.05) is 33.3 Å². The van der Waals surface area contributed by atoms with Crippen molar-refractivity contribution in [2.45, 2.75) is 24.9 Å². The van der Waals surface area contributed by atoms with Crippen molar-refractivity contribution in [2.24, 2.45) is 4.99 Å². The van der Waals surface area contributed by atoms with E-state index >= 15 is 0 Å². The molecule has 4 aromatic rings. The fourth-order valence-corrected chi connectivity index (χ4v) is 5.53. The molecule has 0 spiro atoms. The Hall–Kier alpha value is -3.75. The zero-order chi connectivity index (χ0) is 24.1. The van der Waals surface area contributed by atoms with Crippen LogP contribution in [0.4, 0.5) is 5.69 Å². The first-order valence-electron chi connectivity index (χ1n) is 12.7. The summed E-state index contributed by atoms with van der Waals surface area (Å²) in [6.45, 7) is 3.96. The van der Waals surface area contributed by atoms with E-state index in [1.807, 2.05) is 36.7 Å². The summed E-state index contributed by atoms with van der Waals surface area (Å²) in [6.07, 6.45) is 8.38. The van der Waals surface area contributed by atoms with E-state index in [2.05, 4.69) is 48.8 Å². The molecular weight excluding hydrogens is 450 g/mol. The number of benzene rings is 1. The Kier molecular flexibility index (Phi) is 5.22. The fourth-order valence-electron chi connectivity index (χ4n) is 5.53. The Bertz CT molecular complexity index is 1470. The fraction of sp³-hybridized carbons (Fsp3) is 0.321. The van der Waals surface area contributed by atoms with Crippen LogP contribution in [0, 0.1) is 0 Å². The third-order valence-corrected chi connectivity index (χ3v) is 7.49. The van der Waals surface area contributed by atoms with Crippen LogP contribution in [-0.2, 0) is 0 Å². The van der Waals surface area contributed by atoms with E-state index < -0.39 is 0 Å². The number of piperazine rings is 1. The van der Waals surface area contributed by atoms with Gasteiger partial charge in [-0.15, -0.1) is 0 Å². The van der Waals surface area contributed by atoms with E-state index in [1.54, 1.807) is 7.11 Å². The molecule has 3 N–H and O–H groups in total. The molecule has 1 atom stereocenters. The van der Waals surface area contributed by atoms with Gasteiger partial charge in [0, 0.05) is 60.6 Å². The summed E-state index contributed by atoms with van der Waals surface area (Å²) in [6, 6.07) is 12.2. The van der Waals surface area contributed by atoms with Crippen LogP contribution in [0.5, 0.6) is 5.75 Å². The molecule has 0 amide bonds. The molecule has 182 valence electrons. The third kappa shape index (κ3) is 3.65. The number of nitrogens with zero attached hydrogens (tertiary/aromatic N) is 4. The average molecular weight is 480 g/mol. The second-order valence-electron chi connectivity index (χ2n) is 9.73. The largest absolute Gasteiger partial charge is 0.496 e. The number of para-hydroxylation sites is 1. The van der Waals surface area contributed by atoms with Crippen LogP contribution in [0.25, 0.3) is 22.3 Å². The molecule has 2 fully saturated rings. The monoisotopic (exact) mass is 479 g/mol. The minimum absolute atomic E-state index is 0.0732. The quantitative estimate of drug-likeness (QED) is 0.399. The molecule has 0 radical (unpaired) electrons. The van der Waals surface area contributed by atoms with Crippen LogP contribution in [0.1, 0.15) is 41.6 Å². The number of hydrogen-bond acceptors (Lipinski definition) is 7. The van der Waals surface area contributed by atoms with Gasteiger partial charge in [-0.25, -0.2) is 9.98 Å². The molecule has 3 aliphatic rings. The van der Waals surface area contributed by atoms with E-state index in [0.29, 0.717) is 5.92 Å². The lowest BCUT2D eigenvalue weighted by Gasteiger charge is -2.39. The number of pyridine rings is 2. The number of amidine groups is 1. The summed E-state index contributed by atoms with van der Waals surface area (Å²) in [7, 11) is 1.70. The van der Waals surface area contributed by atoms with Gasteiger partial charge in [0.2, 0.25) is 0 Å². The highest BCUT2D eigenvalue weighted by molar-refractivity contribution is 6.11. The molecule has 7 rings (SSSR count). The molecule has 1 aliphatic carbocycles. The number of rotatable bonds is 5. The van der Waals surface area contributed by atoms with Crippen LogP contribution < -0.4 is 15.4 Å². The Morgan fingerprint density at radius 2 is 1.89 bits per heavy atom. The molecule has 36 heavy (non-hydrogen) atoms. The summed E-state index contributed by atoms with van der Waals surface area (Å²) in [5.74, 6) is 2.29. The summed E-state index contributed by atoms with van der Waals surface area (Å²) in [5.41, 5.74) is 7.45. The van der Waals surface area contributed by atoms with Gasteiger partial charge in [0.15, 0.2) is 0 Å². The van der Waals surface area contributed by atoms with E-state index in [4.69, 9.17) is 9.73 Å². The van der Waals surface area contributed by atoms with Crippen LogP contribution in [-0.4, -0.2) is 59.0 Å². The Labute approximate surface area is 209 Å². The third-order valence-electron chi connectivity index (χ3n) is 7.49. The van der Waals surface area contributed by atoms with Crippen molar-refractivity contribution in [1.82, 2.24) is 30.5 Å². The summed E-state index contributed by atoms with van der Waals surface area (Å²) >= 11 is 0. The first-order chi connectivity index (χ1) is 17.8. The molecular formula is C28H29N7O. The smallest absolute Gasteiger partial charge is 0.138 e. The highest BCUT2D eigenvalue weighted by Gasteiger charge is 2.36. The maximum Gasteiger partial charge on any atom is 0.138 e. The lowest BCUT2D eigenvalue weighted by molar-refractivity contribution is 0.160. The normalized spacial score (nSPS) is 20.0. The van der Waals surface area contributed by atoms with E-state index in [-0.39, 0.29) is 6.17 Å². The minimum Gasteiger partial charge on any atom is -0.496 e. The van der Waals surface area contributed by atoms with Crippen molar-refractivity contribution in [3.63, 3.8) is 0 Å². The van der Waals surface area contributed by atoms with Gasteiger partial charge in [-0.2, -0.15) is 0 Å². The molecule has 1 unspecified atom stereocenters. The number of H-pyrrole nitrogens is 1. The van der Waals surface area contributed by atoms with Gasteiger partial charge in [0.1, 0.15) is 23.4 Å². The maximum atomic E-state index is 5.60. The summed E-state index contributed by atoms with van der Waals surface area (Å²) < 4.78 is 5.60. The number of fused-ring (bicyclic) bond motifs is 2. The number of aromatic amines is 1. The summed E-state index contributed by atoms with van der Waals surface area (Å²) in [5, 5.41) is 8.35. The molecule has 1 aromatic carbocycles. The van der Waals surface area contributed by atoms with Gasteiger partial charge in [0.25, 0.3) is 0 Å². The van der Waals surface area contributed by atoms with Gasteiger partial charge < -0.3 is 20.4 Å². The Morgan fingerprint density at radius 1 is 1.03 bits per heavy atom. The lowest BCUT2D eigenvalue weighted by atomic mass is 9.98. The molecule has 5 heterocycles. The van der Waals surface area contributed by atoms with Crippen molar-refractivity contribution >= 4 is 22.6 Å². The zero-order valence-electron chi connectivity index (χ0n) is 20.3. The Balaban J connectivity index is 1.35. The number of nitrogens with one attached hydrogen (secondary N) is 3. The van der Waals surface area contributed by atoms with Crippen molar-refractivity contribution in [1.29, 1.82) is 0 Å². The highest BCUT2D eigenvalue weighted by atomic mass is 16.5. The number of aromatic nitrogens is 3. The molecule has 0 bridgehead atoms. The first kappa shape index (κ1) is 21.5. The number of hydrogen-bond donors (Lipinski definition) is 3. The van der Waals surface area contributed by atoms with Gasteiger partial charge in [-0.05, 0) is 48.6 Å². The molecule has 8 nitrogen and oxygen atoms in total. The number of methoxy groups -OCH3 is 1. The van der Waals surface area contributed by atoms with Gasteiger partial charge in [-0.1, -0.05) is 12.1 Å². The molecule has 1 saturated carbocycles. The standard InChI is InChI=1S/C28H29N7O/c1-36-24-5-3-2-4-19(24)22-14-20-18(8-9-31-26(20)32-22)27-33-23-16-30-15-21(17-6-7-17)25(23)28(34-27)35-12-10-29-11-13-35/h2-5,8-9,14-17,28-29H,6-7,10-13H2,1H3,(H,31,32)(H,33,34). The molecule has 2 aliphatic heterocycles. The molecule has 8 heteroatoms. The lowest BCUT2D eigenvalue weighted by Crippen LogP contribution is -2.51. The predicted molar refractivity (Wildman–Crippen MR) is 141 cm³/mol. The summed E-state index contributed by atoms with van der Waals surface area (Å²) in [4.78, 5) is 20.4. The maximum absolute atomic E-state index is 5.60. The average Bonchev–Trinajstić information content (AvgIpc) is 3.70.